The fourth-order valence-electron chi connectivity index (χ4n) is 1.34. The second-order valence-corrected chi connectivity index (χ2v) is 5.16. The van der Waals surface area contributed by atoms with Crippen LogP contribution in [-0.2, 0) is 0 Å². The predicted molar refractivity (Wildman–Crippen MR) is 73.0 cm³/mol. The zero-order chi connectivity index (χ0) is 12.8. The van der Waals surface area contributed by atoms with Gasteiger partial charge < -0.3 is 10.4 Å². The number of rotatable bonds is 5. The first-order valence-electron chi connectivity index (χ1n) is 5.37. The zero-order valence-corrected chi connectivity index (χ0v) is 11.9. The molecule has 1 atom stereocenters. The average Bonchev–Trinajstić information content (AvgIpc) is 2.29. The number of aromatic hydroxyl groups is 1. The Morgan fingerprint density at radius 3 is 2.94 bits per heavy atom. The summed E-state index contributed by atoms with van der Waals surface area (Å²) in [6, 6.07) is 4.33. The Labute approximate surface area is 114 Å². The van der Waals surface area contributed by atoms with Crippen LogP contribution in [-0.4, -0.2) is 22.9 Å². The molecule has 0 aliphatic heterocycles. The first-order chi connectivity index (χ1) is 8.04. The third-order valence-corrected chi connectivity index (χ3v) is 3.19. The van der Waals surface area contributed by atoms with Crippen molar-refractivity contribution in [1.82, 2.24) is 5.32 Å². The minimum absolute atomic E-state index is 0.0352. The van der Waals surface area contributed by atoms with Crippen LogP contribution in [0.4, 0.5) is 0 Å². The summed E-state index contributed by atoms with van der Waals surface area (Å²) in [5, 5.41) is 13.4. The Morgan fingerprint density at radius 2 is 2.29 bits per heavy atom. The van der Waals surface area contributed by atoms with Crippen LogP contribution < -0.4 is 5.32 Å². The van der Waals surface area contributed by atoms with Gasteiger partial charge in [-0.05, 0) is 30.5 Å². The van der Waals surface area contributed by atoms with E-state index in [4.69, 9.17) is 11.6 Å². The third-order valence-electron chi connectivity index (χ3n) is 2.41. The number of hydrogen-bond donors (Lipinski definition) is 2. The molecule has 0 aromatic heterocycles. The number of carbonyl (C=O) groups is 1. The first kappa shape index (κ1) is 14.3. The maximum Gasteiger partial charge on any atom is 0.252 e. The maximum atomic E-state index is 11.8. The molecule has 2 N–H and O–H groups in total. The average molecular weight is 321 g/mol. The number of amides is 1. The van der Waals surface area contributed by atoms with Crippen LogP contribution in [0.5, 0.6) is 5.75 Å². The standard InChI is InChI=1S/C12H15BrClNO2/c1-8(4-5-13)7-15-12(17)10-6-9(16)2-3-11(10)14/h2-3,6,8,16H,4-5,7H2,1H3,(H,15,17). The van der Waals surface area contributed by atoms with Crippen LogP contribution in [0.2, 0.25) is 5.02 Å². The van der Waals surface area contributed by atoms with E-state index in [-0.39, 0.29) is 11.7 Å². The molecule has 5 heteroatoms. The Morgan fingerprint density at radius 1 is 1.59 bits per heavy atom. The van der Waals surface area contributed by atoms with Crippen LogP contribution in [0.3, 0.4) is 0 Å². The highest BCUT2D eigenvalue weighted by Gasteiger charge is 2.12. The monoisotopic (exact) mass is 319 g/mol. The molecule has 0 aliphatic rings. The Hall–Kier alpha value is -0.740. The molecular weight excluding hydrogens is 305 g/mol. The molecule has 0 aliphatic carbocycles. The molecule has 0 fully saturated rings. The summed E-state index contributed by atoms with van der Waals surface area (Å²) in [5.74, 6) is 0.176. The van der Waals surface area contributed by atoms with E-state index in [0.29, 0.717) is 23.0 Å². The number of phenolic OH excluding ortho intramolecular Hbond substituents is 1. The summed E-state index contributed by atoms with van der Waals surface area (Å²) in [6.07, 6.45) is 0.994. The van der Waals surface area contributed by atoms with Gasteiger partial charge >= 0.3 is 0 Å². The molecule has 94 valence electrons. The second-order valence-electron chi connectivity index (χ2n) is 3.96. The minimum atomic E-state index is -0.257. The lowest BCUT2D eigenvalue weighted by Crippen LogP contribution is -2.28. The molecule has 0 radical (unpaired) electrons. The maximum absolute atomic E-state index is 11.8. The van der Waals surface area contributed by atoms with Gasteiger partial charge in [-0.15, -0.1) is 0 Å². The fourth-order valence-corrected chi connectivity index (χ4v) is 2.32. The van der Waals surface area contributed by atoms with E-state index in [1.54, 1.807) is 0 Å². The summed E-state index contributed by atoms with van der Waals surface area (Å²) in [6.45, 7) is 2.65. The molecule has 0 spiro atoms. The summed E-state index contributed by atoms with van der Waals surface area (Å²) in [4.78, 5) is 11.8. The summed E-state index contributed by atoms with van der Waals surface area (Å²) in [5.41, 5.74) is 0.303. The van der Waals surface area contributed by atoms with Gasteiger partial charge in [-0.1, -0.05) is 34.5 Å². The van der Waals surface area contributed by atoms with E-state index < -0.39 is 0 Å². The van der Waals surface area contributed by atoms with Gasteiger partial charge in [0, 0.05) is 11.9 Å². The first-order valence-corrected chi connectivity index (χ1v) is 6.87. The zero-order valence-electron chi connectivity index (χ0n) is 9.54. The number of carbonyl (C=O) groups excluding carboxylic acids is 1. The van der Waals surface area contributed by atoms with Gasteiger partial charge in [-0.2, -0.15) is 0 Å². The van der Waals surface area contributed by atoms with Crippen molar-refractivity contribution >= 4 is 33.4 Å². The topological polar surface area (TPSA) is 49.3 Å². The van der Waals surface area contributed by atoms with Crippen molar-refractivity contribution in [2.45, 2.75) is 13.3 Å². The van der Waals surface area contributed by atoms with Crippen LogP contribution >= 0.6 is 27.5 Å². The number of alkyl halides is 1. The quantitative estimate of drug-likeness (QED) is 0.819. The molecule has 0 heterocycles. The van der Waals surface area contributed by atoms with E-state index in [1.165, 1.54) is 18.2 Å². The lowest BCUT2D eigenvalue weighted by molar-refractivity contribution is 0.0947. The normalized spacial score (nSPS) is 12.2. The van der Waals surface area contributed by atoms with Crippen LogP contribution in [0, 0.1) is 5.92 Å². The van der Waals surface area contributed by atoms with Gasteiger partial charge in [0.1, 0.15) is 5.75 Å². The lowest BCUT2D eigenvalue weighted by Gasteiger charge is -2.11. The van der Waals surface area contributed by atoms with Crippen LogP contribution in [0.1, 0.15) is 23.7 Å². The number of phenols is 1. The Kier molecular flexibility index (Phi) is 5.78. The molecule has 0 bridgehead atoms. The Bertz CT molecular complexity index is 398. The van der Waals surface area contributed by atoms with Crippen molar-refractivity contribution < 1.29 is 9.90 Å². The highest BCUT2D eigenvalue weighted by atomic mass is 79.9. The molecule has 0 saturated heterocycles. The van der Waals surface area contributed by atoms with Gasteiger partial charge in [0.2, 0.25) is 0 Å². The summed E-state index contributed by atoms with van der Waals surface area (Å²) >= 11 is 9.24. The SMILES string of the molecule is CC(CCBr)CNC(=O)c1cc(O)ccc1Cl. The lowest BCUT2D eigenvalue weighted by atomic mass is 10.1. The van der Waals surface area contributed by atoms with E-state index >= 15 is 0 Å². The number of halogens is 2. The number of benzene rings is 1. The molecule has 1 aromatic rings. The van der Waals surface area contributed by atoms with Gasteiger partial charge in [0.15, 0.2) is 0 Å². The third kappa shape index (κ3) is 4.56. The molecular formula is C12H15BrClNO2. The molecule has 1 amide bonds. The van der Waals surface area contributed by atoms with Crippen molar-refractivity contribution in [1.29, 1.82) is 0 Å². The molecule has 17 heavy (non-hydrogen) atoms. The van der Waals surface area contributed by atoms with Crippen molar-refractivity contribution in [3.8, 4) is 5.75 Å². The number of nitrogens with one attached hydrogen (secondary N) is 1. The van der Waals surface area contributed by atoms with Gasteiger partial charge in [0.05, 0.1) is 10.6 Å². The van der Waals surface area contributed by atoms with Crippen molar-refractivity contribution in [3.05, 3.63) is 28.8 Å². The summed E-state index contributed by atoms with van der Waals surface area (Å²) in [7, 11) is 0. The highest BCUT2D eigenvalue weighted by Crippen LogP contribution is 2.21. The number of hydrogen-bond acceptors (Lipinski definition) is 2. The molecule has 1 unspecified atom stereocenters. The predicted octanol–water partition coefficient (Wildman–Crippen LogP) is 3.20. The van der Waals surface area contributed by atoms with Gasteiger partial charge in [-0.3, -0.25) is 4.79 Å². The molecule has 0 saturated carbocycles. The van der Waals surface area contributed by atoms with Crippen molar-refractivity contribution in [2.24, 2.45) is 5.92 Å². The van der Waals surface area contributed by atoms with E-state index in [9.17, 15) is 9.90 Å². The van der Waals surface area contributed by atoms with E-state index in [2.05, 4.69) is 28.2 Å². The van der Waals surface area contributed by atoms with Gasteiger partial charge in [-0.25, -0.2) is 0 Å². The van der Waals surface area contributed by atoms with Crippen LogP contribution in [0.15, 0.2) is 18.2 Å². The van der Waals surface area contributed by atoms with Crippen molar-refractivity contribution in [3.63, 3.8) is 0 Å². The minimum Gasteiger partial charge on any atom is -0.508 e. The van der Waals surface area contributed by atoms with Gasteiger partial charge in [0.25, 0.3) is 5.91 Å². The Balaban J connectivity index is 2.61. The smallest absolute Gasteiger partial charge is 0.252 e. The fraction of sp³-hybridized carbons (Fsp3) is 0.417. The highest BCUT2D eigenvalue weighted by molar-refractivity contribution is 9.09. The summed E-state index contributed by atoms with van der Waals surface area (Å²) < 4.78 is 0. The molecule has 3 nitrogen and oxygen atoms in total. The second kappa shape index (κ2) is 6.87. The van der Waals surface area contributed by atoms with E-state index in [0.717, 1.165) is 11.8 Å². The largest absolute Gasteiger partial charge is 0.508 e. The molecule has 1 aromatic carbocycles. The van der Waals surface area contributed by atoms with Crippen LogP contribution in [0.25, 0.3) is 0 Å². The van der Waals surface area contributed by atoms with E-state index in [1.807, 2.05) is 0 Å². The molecule has 1 rings (SSSR count). The van der Waals surface area contributed by atoms with Crippen molar-refractivity contribution in [2.75, 3.05) is 11.9 Å².